The van der Waals surface area contributed by atoms with Crippen LogP contribution in [0.15, 0.2) is 12.1 Å². The minimum atomic E-state index is -1.93. The quantitative estimate of drug-likeness (QED) is 0.807. The van der Waals surface area contributed by atoms with E-state index < -0.39 is 11.1 Å². The van der Waals surface area contributed by atoms with Crippen LogP contribution in [0, 0.1) is 0 Å². The number of phenolic OH excluding ortho intramolecular Hbond substituents is 1. The Balaban J connectivity index is 2.33. The SMILES string of the molecule is O=S(O)Cc1cc(O)c(C2CC2)cc1Cl. The van der Waals surface area contributed by atoms with E-state index in [1.54, 1.807) is 6.07 Å². The Morgan fingerprint density at radius 1 is 1.47 bits per heavy atom. The van der Waals surface area contributed by atoms with Crippen molar-refractivity contribution in [2.75, 3.05) is 0 Å². The Hall–Kier alpha value is -0.580. The second kappa shape index (κ2) is 4.12. The van der Waals surface area contributed by atoms with Gasteiger partial charge in [0.05, 0.1) is 5.75 Å². The third-order valence-corrected chi connectivity index (χ3v) is 3.40. The second-order valence-electron chi connectivity index (χ2n) is 3.74. The van der Waals surface area contributed by atoms with Crippen LogP contribution in [0.1, 0.15) is 29.9 Å². The van der Waals surface area contributed by atoms with Crippen LogP contribution in [-0.4, -0.2) is 13.9 Å². The molecule has 1 unspecified atom stereocenters. The lowest BCUT2D eigenvalue weighted by Gasteiger charge is -2.07. The highest BCUT2D eigenvalue weighted by molar-refractivity contribution is 7.78. The standard InChI is InChI=1S/C10H11ClO3S/c11-9-4-8(6-1-2-6)10(12)3-7(9)5-15(13)14/h3-4,6,12H,1-2,5H2,(H,13,14). The van der Waals surface area contributed by atoms with Crippen molar-refractivity contribution in [1.29, 1.82) is 0 Å². The van der Waals surface area contributed by atoms with Crippen LogP contribution in [-0.2, 0) is 16.8 Å². The Bertz CT molecular complexity index is 415. The predicted molar refractivity (Wildman–Crippen MR) is 59.6 cm³/mol. The molecule has 2 N–H and O–H groups in total. The molecule has 0 spiro atoms. The van der Waals surface area contributed by atoms with E-state index in [1.807, 2.05) is 0 Å². The molecular formula is C10H11ClO3S. The first kappa shape index (κ1) is 10.9. The molecule has 3 nitrogen and oxygen atoms in total. The maximum absolute atomic E-state index is 10.6. The first-order valence-electron chi connectivity index (χ1n) is 4.66. The van der Waals surface area contributed by atoms with Gasteiger partial charge in [0.2, 0.25) is 0 Å². The van der Waals surface area contributed by atoms with Gasteiger partial charge in [0, 0.05) is 5.02 Å². The Morgan fingerprint density at radius 2 is 2.13 bits per heavy atom. The van der Waals surface area contributed by atoms with Crippen molar-refractivity contribution in [3.63, 3.8) is 0 Å². The van der Waals surface area contributed by atoms with Gasteiger partial charge in [0.15, 0.2) is 11.1 Å². The van der Waals surface area contributed by atoms with Crippen molar-refractivity contribution in [1.82, 2.24) is 0 Å². The normalized spacial score (nSPS) is 17.7. The molecule has 5 heteroatoms. The van der Waals surface area contributed by atoms with E-state index in [0.717, 1.165) is 18.4 Å². The van der Waals surface area contributed by atoms with Gasteiger partial charge < -0.3 is 9.66 Å². The van der Waals surface area contributed by atoms with Gasteiger partial charge >= 0.3 is 0 Å². The third-order valence-electron chi connectivity index (χ3n) is 2.49. The summed E-state index contributed by atoms with van der Waals surface area (Å²) in [6.45, 7) is 0. The molecule has 0 aliphatic heterocycles. The Kier molecular flexibility index (Phi) is 3.00. The zero-order chi connectivity index (χ0) is 11.0. The molecule has 0 bridgehead atoms. The van der Waals surface area contributed by atoms with Crippen molar-refractivity contribution in [3.05, 3.63) is 28.3 Å². The fourth-order valence-electron chi connectivity index (χ4n) is 1.59. The maximum atomic E-state index is 10.6. The summed E-state index contributed by atoms with van der Waals surface area (Å²) in [6.07, 6.45) is 2.16. The van der Waals surface area contributed by atoms with Crippen molar-refractivity contribution in [2.45, 2.75) is 24.5 Å². The Morgan fingerprint density at radius 3 is 2.67 bits per heavy atom. The van der Waals surface area contributed by atoms with Crippen molar-refractivity contribution >= 4 is 22.7 Å². The minimum absolute atomic E-state index is 0.0443. The summed E-state index contributed by atoms with van der Waals surface area (Å²) in [5.41, 5.74) is 1.37. The lowest BCUT2D eigenvalue weighted by atomic mass is 10.1. The van der Waals surface area contributed by atoms with Gasteiger partial charge in [-0.15, -0.1) is 0 Å². The van der Waals surface area contributed by atoms with Gasteiger partial charge in [-0.1, -0.05) is 11.6 Å². The Labute approximate surface area is 95.4 Å². The fourth-order valence-corrected chi connectivity index (χ4v) is 2.41. The van der Waals surface area contributed by atoms with Crippen molar-refractivity contribution in [3.8, 4) is 5.75 Å². The summed E-state index contributed by atoms with van der Waals surface area (Å²) in [5, 5.41) is 10.2. The van der Waals surface area contributed by atoms with Crippen LogP contribution in [0.2, 0.25) is 5.02 Å². The first-order chi connectivity index (χ1) is 7.08. The molecule has 1 aromatic rings. The highest BCUT2D eigenvalue weighted by Crippen LogP contribution is 2.45. The molecule has 1 aromatic carbocycles. The van der Waals surface area contributed by atoms with Crippen molar-refractivity contribution < 1.29 is 13.9 Å². The second-order valence-corrected chi connectivity index (χ2v) is 5.08. The van der Waals surface area contributed by atoms with E-state index in [4.69, 9.17) is 16.2 Å². The largest absolute Gasteiger partial charge is 0.508 e. The number of aromatic hydroxyl groups is 1. The van der Waals surface area contributed by atoms with Gasteiger partial charge in [-0.05, 0) is 42.0 Å². The summed E-state index contributed by atoms with van der Waals surface area (Å²) in [7, 11) is 0. The molecule has 0 heterocycles. The number of hydrogen-bond donors (Lipinski definition) is 2. The molecule has 0 radical (unpaired) electrons. The average molecular weight is 247 g/mol. The summed E-state index contributed by atoms with van der Waals surface area (Å²) >= 11 is 4.03. The summed E-state index contributed by atoms with van der Waals surface area (Å²) < 4.78 is 19.4. The zero-order valence-corrected chi connectivity index (χ0v) is 9.51. The monoisotopic (exact) mass is 246 g/mol. The van der Waals surface area contributed by atoms with Crippen LogP contribution in [0.4, 0.5) is 0 Å². The van der Waals surface area contributed by atoms with Crippen LogP contribution in [0.5, 0.6) is 5.75 Å². The first-order valence-corrected chi connectivity index (χ1v) is 6.32. The number of hydrogen-bond acceptors (Lipinski definition) is 2. The van der Waals surface area contributed by atoms with E-state index in [1.165, 1.54) is 6.07 Å². The molecule has 1 fully saturated rings. The van der Waals surface area contributed by atoms with Gasteiger partial charge in [-0.2, -0.15) is 0 Å². The third kappa shape index (κ3) is 2.51. The molecule has 82 valence electrons. The van der Waals surface area contributed by atoms with Gasteiger partial charge in [-0.3, -0.25) is 0 Å². The van der Waals surface area contributed by atoms with Gasteiger partial charge in [-0.25, -0.2) is 4.21 Å². The summed E-state index contributed by atoms with van der Waals surface area (Å²) in [5.74, 6) is 0.552. The molecule has 0 saturated heterocycles. The fraction of sp³-hybridized carbons (Fsp3) is 0.400. The number of phenols is 1. The van der Waals surface area contributed by atoms with Crippen LogP contribution in [0.25, 0.3) is 0 Å². The minimum Gasteiger partial charge on any atom is -0.508 e. The van der Waals surface area contributed by atoms with Crippen LogP contribution >= 0.6 is 11.6 Å². The molecule has 1 aliphatic rings. The highest BCUT2D eigenvalue weighted by Gasteiger charge is 2.27. The number of rotatable bonds is 3. The zero-order valence-electron chi connectivity index (χ0n) is 7.94. The van der Waals surface area contributed by atoms with Gasteiger partial charge in [0.1, 0.15) is 5.75 Å². The smallest absolute Gasteiger partial charge is 0.157 e. The predicted octanol–water partition coefficient (Wildman–Crippen LogP) is 2.64. The summed E-state index contributed by atoms with van der Waals surface area (Å²) in [6, 6.07) is 3.20. The van der Waals surface area contributed by atoms with Crippen LogP contribution in [0.3, 0.4) is 0 Å². The number of benzene rings is 1. The molecule has 1 saturated carbocycles. The van der Waals surface area contributed by atoms with E-state index in [-0.39, 0.29) is 11.5 Å². The number of halogens is 1. The molecular weight excluding hydrogens is 236 g/mol. The van der Waals surface area contributed by atoms with Gasteiger partial charge in [0.25, 0.3) is 0 Å². The lowest BCUT2D eigenvalue weighted by Crippen LogP contribution is -1.95. The van der Waals surface area contributed by atoms with E-state index >= 15 is 0 Å². The molecule has 1 atom stereocenters. The average Bonchev–Trinajstić information content (AvgIpc) is 2.93. The summed E-state index contributed by atoms with van der Waals surface area (Å²) in [4.78, 5) is 0. The van der Waals surface area contributed by atoms with E-state index in [0.29, 0.717) is 16.5 Å². The van der Waals surface area contributed by atoms with Crippen molar-refractivity contribution in [2.24, 2.45) is 0 Å². The maximum Gasteiger partial charge on any atom is 0.157 e. The molecule has 0 amide bonds. The van der Waals surface area contributed by atoms with E-state index in [9.17, 15) is 9.32 Å². The molecule has 1 aliphatic carbocycles. The van der Waals surface area contributed by atoms with Crippen LogP contribution < -0.4 is 0 Å². The molecule has 2 rings (SSSR count). The lowest BCUT2D eigenvalue weighted by molar-refractivity contribution is 0.468. The topological polar surface area (TPSA) is 57.5 Å². The van der Waals surface area contributed by atoms with E-state index in [2.05, 4.69) is 0 Å². The molecule has 15 heavy (non-hydrogen) atoms. The molecule has 0 aromatic heterocycles. The highest BCUT2D eigenvalue weighted by atomic mass is 35.5.